The molecule has 0 aliphatic rings. The maximum absolute atomic E-state index is 11.4. The Balaban J connectivity index is 2.01. The van der Waals surface area contributed by atoms with E-state index in [0.717, 1.165) is 41.7 Å². The number of aromatic amines is 1. The Morgan fingerprint density at radius 2 is 2.11 bits per heavy atom. The van der Waals surface area contributed by atoms with Gasteiger partial charge in [-0.2, -0.15) is 22.0 Å². The molecular formula is C24H34N8O3S. The molecule has 1 atom stereocenters. The quantitative estimate of drug-likeness (QED) is 0.235. The zero-order valence-electron chi connectivity index (χ0n) is 21.0. The molecule has 12 heteroatoms. The number of aryl methyl sites for hydroxylation is 1. The lowest BCUT2D eigenvalue weighted by molar-refractivity contribution is -0.136. The van der Waals surface area contributed by atoms with Gasteiger partial charge < -0.3 is 20.9 Å². The third-order valence-corrected chi connectivity index (χ3v) is 6.44. The molecule has 0 unspecified atom stereocenters. The van der Waals surface area contributed by atoms with Gasteiger partial charge in [0.2, 0.25) is 5.95 Å². The monoisotopic (exact) mass is 514 g/mol. The number of carbonyl (C=O) groups is 1. The maximum atomic E-state index is 11.4. The molecule has 0 aliphatic heterocycles. The number of rotatable bonds is 15. The summed E-state index contributed by atoms with van der Waals surface area (Å²) in [5.74, 6) is 2.20. The van der Waals surface area contributed by atoms with Gasteiger partial charge in [-0.15, -0.1) is 10.2 Å². The van der Waals surface area contributed by atoms with Crippen LogP contribution >= 0.6 is 11.8 Å². The first-order chi connectivity index (χ1) is 17.4. The van der Waals surface area contributed by atoms with E-state index in [2.05, 4.69) is 49.1 Å². The number of ether oxygens (including phenoxy) is 1. The lowest BCUT2D eigenvalue weighted by Gasteiger charge is -2.22. The van der Waals surface area contributed by atoms with Gasteiger partial charge in [-0.1, -0.05) is 30.7 Å². The highest BCUT2D eigenvalue weighted by atomic mass is 32.2. The number of aromatic nitrogens is 6. The molecule has 0 spiro atoms. The van der Waals surface area contributed by atoms with Crippen molar-refractivity contribution >= 4 is 29.5 Å². The van der Waals surface area contributed by atoms with Gasteiger partial charge in [0.15, 0.2) is 5.82 Å². The molecule has 5 N–H and O–H groups in total. The number of hydrogen-bond donors (Lipinski definition) is 4. The van der Waals surface area contributed by atoms with E-state index in [-0.39, 0.29) is 24.8 Å². The smallest absolute Gasteiger partial charge is 0.303 e. The third-order valence-electron chi connectivity index (χ3n) is 5.80. The Labute approximate surface area is 215 Å². The fourth-order valence-electron chi connectivity index (χ4n) is 4.09. The molecule has 0 saturated carbocycles. The van der Waals surface area contributed by atoms with Crippen LogP contribution < -0.4 is 15.8 Å². The molecule has 0 bridgehead atoms. The van der Waals surface area contributed by atoms with E-state index in [4.69, 9.17) is 10.5 Å². The molecule has 0 aliphatic carbocycles. The molecule has 3 aromatic rings. The van der Waals surface area contributed by atoms with Crippen molar-refractivity contribution in [3.05, 3.63) is 46.4 Å². The van der Waals surface area contributed by atoms with Crippen LogP contribution in [0.4, 0.5) is 11.8 Å². The minimum absolute atomic E-state index is 0.0528. The maximum Gasteiger partial charge on any atom is 0.303 e. The molecule has 2 aromatic heterocycles. The van der Waals surface area contributed by atoms with Crippen LogP contribution in [0.25, 0.3) is 0 Å². The highest BCUT2D eigenvalue weighted by molar-refractivity contribution is 7.98. The highest BCUT2D eigenvalue weighted by Gasteiger charge is 2.20. The van der Waals surface area contributed by atoms with E-state index < -0.39 is 5.97 Å². The van der Waals surface area contributed by atoms with Crippen LogP contribution in [0.1, 0.15) is 60.8 Å². The number of methoxy groups -OCH3 is 1. The van der Waals surface area contributed by atoms with Crippen LogP contribution in [0, 0.1) is 0 Å². The number of nitrogens with two attached hydrogens (primary N) is 1. The van der Waals surface area contributed by atoms with Gasteiger partial charge >= 0.3 is 5.97 Å². The zero-order chi connectivity index (χ0) is 25.9. The summed E-state index contributed by atoms with van der Waals surface area (Å²) in [6.45, 7) is 2.15. The summed E-state index contributed by atoms with van der Waals surface area (Å²) in [5, 5.41) is 27.1. The predicted octanol–water partition coefficient (Wildman–Crippen LogP) is 3.11. The van der Waals surface area contributed by atoms with Gasteiger partial charge in [0.05, 0.1) is 19.2 Å². The minimum atomic E-state index is -0.892. The van der Waals surface area contributed by atoms with Crippen molar-refractivity contribution < 1.29 is 14.6 Å². The number of nitrogen functional groups attached to an aromatic ring is 1. The lowest BCUT2D eigenvalue weighted by atomic mass is 9.97. The minimum Gasteiger partial charge on any atom is -0.496 e. The Kier molecular flexibility index (Phi) is 10.3. The standard InChI is InChI=1S/C24H34N8O3S/c1-4-5-17(10-11-36-3)26-23-18(19(7-9-22(33)34)27-24(25)28-23)14-16-12-15(6-8-20(16)35-2)13-21-29-31-32-30-21/h6,8,12,17H,4-5,7,9-11,13-14H2,1-3H3,(H,33,34)(H3,25,26,27,28)(H,29,30,31,32)/t17-/m0/s1. The summed E-state index contributed by atoms with van der Waals surface area (Å²) < 4.78 is 5.65. The van der Waals surface area contributed by atoms with Gasteiger partial charge in [-0.25, -0.2) is 4.98 Å². The van der Waals surface area contributed by atoms with Gasteiger partial charge in [-0.05, 0) is 42.0 Å². The fraction of sp³-hybridized carbons (Fsp3) is 0.500. The number of hydrogen-bond acceptors (Lipinski definition) is 10. The molecule has 11 nitrogen and oxygen atoms in total. The Morgan fingerprint density at radius 1 is 1.28 bits per heavy atom. The highest BCUT2D eigenvalue weighted by Crippen LogP contribution is 2.30. The van der Waals surface area contributed by atoms with Crippen molar-refractivity contribution in [1.82, 2.24) is 30.6 Å². The van der Waals surface area contributed by atoms with E-state index in [1.807, 2.05) is 18.2 Å². The topological polar surface area (TPSA) is 165 Å². The van der Waals surface area contributed by atoms with Crippen LogP contribution in [0.5, 0.6) is 5.75 Å². The average molecular weight is 515 g/mol. The van der Waals surface area contributed by atoms with Crippen molar-refractivity contribution in [3.63, 3.8) is 0 Å². The molecule has 0 amide bonds. The number of H-pyrrole nitrogens is 1. The van der Waals surface area contributed by atoms with Crippen LogP contribution in [-0.2, 0) is 24.1 Å². The molecule has 3 rings (SSSR count). The second kappa shape index (κ2) is 13.6. The molecule has 0 saturated heterocycles. The summed E-state index contributed by atoms with van der Waals surface area (Å²) in [4.78, 5) is 20.4. The molecular weight excluding hydrogens is 480 g/mol. The summed E-state index contributed by atoms with van der Waals surface area (Å²) in [7, 11) is 1.63. The first-order valence-electron chi connectivity index (χ1n) is 11.9. The first kappa shape index (κ1) is 27.2. The van der Waals surface area contributed by atoms with Crippen molar-refractivity contribution in [3.8, 4) is 5.75 Å². The number of carboxylic acids is 1. The molecule has 0 radical (unpaired) electrons. The van der Waals surface area contributed by atoms with E-state index >= 15 is 0 Å². The Bertz CT molecular complexity index is 1130. The van der Waals surface area contributed by atoms with Crippen LogP contribution in [-0.4, -0.2) is 66.8 Å². The number of aliphatic carboxylic acids is 1. The second-order valence-corrected chi connectivity index (χ2v) is 9.47. The summed E-state index contributed by atoms with van der Waals surface area (Å²) >= 11 is 1.80. The number of thioether (sulfide) groups is 1. The third kappa shape index (κ3) is 7.80. The summed E-state index contributed by atoms with van der Waals surface area (Å²) in [5.41, 5.74) is 9.43. The zero-order valence-corrected chi connectivity index (χ0v) is 21.8. The van der Waals surface area contributed by atoms with Crippen LogP contribution in [0.15, 0.2) is 18.2 Å². The van der Waals surface area contributed by atoms with Crippen LogP contribution in [0.2, 0.25) is 0 Å². The first-order valence-corrected chi connectivity index (χ1v) is 13.3. The Morgan fingerprint density at radius 3 is 2.78 bits per heavy atom. The second-order valence-electron chi connectivity index (χ2n) is 8.49. The molecule has 36 heavy (non-hydrogen) atoms. The Hall–Kier alpha value is -3.41. The van der Waals surface area contributed by atoms with E-state index in [1.165, 1.54) is 0 Å². The van der Waals surface area contributed by atoms with Gasteiger partial charge in [-0.3, -0.25) is 4.79 Å². The van der Waals surface area contributed by atoms with E-state index in [9.17, 15) is 9.90 Å². The normalized spacial score (nSPS) is 11.9. The van der Waals surface area contributed by atoms with Crippen molar-refractivity contribution in [2.75, 3.05) is 30.2 Å². The van der Waals surface area contributed by atoms with E-state index in [1.54, 1.807) is 18.9 Å². The molecule has 2 heterocycles. The number of anilines is 2. The lowest BCUT2D eigenvalue weighted by Crippen LogP contribution is -2.23. The predicted molar refractivity (Wildman–Crippen MR) is 141 cm³/mol. The van der Waals surface area contributed by atoms with Gasteiger partial charge in [0.1, 0.15) is 11.6 Å². The largest absolute Gasteiger partial charge is 0.496 e. The number of tetrazole rings is 1. The van der Waals surface area contributed by atoms with E-state index in [0.29, 0.717) is 35.9 Å². The van der Waals surface area contributed by atoms with Crippen LogP contribution in [0.3, 0.4) is 0 Å². The SMILES string of the molecule is CCC[C@@H](CCSC)Nc1nc(N)nc(CCC(=O)O)c1Cc1cc(Cc2nn[nH]n2)ccc1OC. The molecule has 1 aromatic carbocycles. The van der Waals surface area contributed by atoms with Gasteiger partial charge in [0.25, 0.3) is 0 Å². The van der Waals surface area contributed by atoms with Gasteiger partial charge in [0, 0.05) is 30.9 Å². The van der Waals surface area contributed by atoms with Crippen molar-refractivity contribution in [1.29, 1.82) is 0 Å². The average Bonchev–Trinajstić information content (AvgIpc) is 3.36. The summed E-state index contributed by atoms with van der Waals surface area (Å²) in [6, 6.07) is 6.12. The number of nitrogens with one attached hydrogen (secondary N) is 2. The number of carboxylic acid groups (broad SMARTS) is 1. The van der Waals surface area contributed by atoms with Crippen molar-refractivity contribution in [2.45, 2.75) is 57.9 Å². The fourth-order valence-corrected chi connectivity index (χ4v) is 4.61. The number of nitrogens with zero attached hydrogens (tertiary/aromatic N) is 5. The molecule has 0 fully saturated rings. The number of benzene rings is 1. The van der Waals surface area contributed by atoms with Crippen molar-refractivity contribution in [2.24, 2.45) is 0 Å². The summed E-state index contributed by atoms with van der Waals surface area (Å²) in [6.07, 6.45) is 6.24. The molecule has 194 valence electrons.